The number of hydrogen-bond donors (Lipinski definition) is 1. The number of fused-ring (bicyclic) bond motifs is 1. The van der Waals surface area contributed by atoms with Gasteiger partial charge in [-0.1, -0.05) is 42.5 Å². The van der Waals surface area contributed by atoms with Crippen molar-refractivity contribution in [3.05, 3.63) is 65.2 Å². The van der Waals surface area contributed by atoms with Crippen molar-refractivity contribution < 1.29 is 9.59 Å². The summed E-state index contributed by atoms with van der Waals surface area (Å²) in [6, 6.07) is 15.0. The summed E-state index contributed by atoms with van der Waals surface area (Å²) in [5, 5.41) is 2.88. The monoisotopic (exact) mass is 265 g/mol. The Bertz CT molecular complexity index is 677. The zero-order valence-corrected chi connectivity index (χ0v) is 11.2. The minimum absolute atomic E-state index is 0.0188. The summed E-state index contributed by atoms with van der Waals surface area (Å²) in [7, 11) is 0. The summed E-state index contributed by atoms with van der Waals surface area (Å²) in [4.78, 5) is 24.8. The van der Waals surface area contributed by atoms with E-state index in [0.29, 0.717) is 11.3 Å². The van der Waals surface area contributed by atoms with Gasteiger partial charge in [0.25, 0.3) is 0 Å². The summed E-state index contributed by atoms with van der Waals surface area (Å²) in [6.07, 6.45) is 0.216. The first kappa shape index (κ1) is 12.6. The standard InChI is InChI=1S/C17H15NO2/c1-11-6-5-9-14-16(11)15(19)10-13(17(20)18-14)12-7-3-2-4-8-12/h2-9,13H,10H2,1H3,(H,18,20)/t13-/m0/s1. The number of aryl methyl sites for hydroxylation is 1. The van der Waals surface area contributed by atoms with Crippen LogP contribution in [0, 0.1) is 6.92 Å². The van der Waals surface area contributed by atoms with Crippen LogP contribution in [-0.4, -0.2) is 11.7 Å². The highest BCUT2D eigenvalue weighted by atomic mass is 16.2. The molecule has 0 aromatic heterocycles. The molecule has 0 bridgehead atoms. The summed E-state index contributed by atoms with van der Waals surface area (Å²) in [5.74, 6) is -0.519. The topological polar surface area (TPSA) is 46.2 Å². The molecule has 100 valence electrons. The van der Waals surface area contributed by atoms with E-state index in [9.17, 15) is 9.59 Å². The molecule has 1 aliphatic rings. The number of hydrogen-bond acceptors (Lipinski definition) is 2. The van der Waals surface area contributed by atoms with E-state index in [0.717, 1.165) is 11.1 Å². The van der Waals surface area contributed by atoms with Crippen LogP contribution in [0.2, 0.25) is 0 Å². The number of Topliss-reactive ketones (excluding diaryl/α,β-unsaturated/α-hetero) is 1. The fourth-order valence-corrected chi connectivity index (χ4v) is 2.70. The number of amides is 1. The molecule has 1 atom stereocenters. The second-order valence-electron chi connectivity index (χ2n) is 5.08. The fourth-order valence-electron chi connectivity index (χ4n) is 2.70. The van der Waals surface area contributed by atoms with Gasteiger partial charge in [0.05, 0.1) is 11.6 Å². The van der Waals surface area contributed by atoms with E-state index in [1.165, 1.54) is 0 Å². The first-order valence-electron chi connectivity index (χ1n) is 6.65. The molecule has 0 aliphatic carbocycles. The van der Waals surface area contributed by atoms with Crippen LogP contribution in [0.25, 0.3) is 0 Å². The molecule has 0 spiro atoms. The van der Waals surface area contributed by atoms with E-state index in [1.807, 2.05) is 49.4 Å². The maximum atomic E-state index is 12.5. The van der Waals surface area contributed by atoms with Crippen LogP contribution in [0.15, 0.2) is 48.5 Å². The number of rotatable bonds is 1. The summed E-state index contributed by atoms with van der Waals surface area (Å²) >= 11 is 0. The lowest BCUT2D eigenvalue weighted by Crippen LogP contribution is -2.20. The Morgan fingerprint density at radius 2 is 1.75 bits per heavy atom. The molecule has 3 nitrogen and oxygen atoms in total. The van der Waals surface area contributed by atoms with Crippen LogP contribution in [0.1, 0.15) is 33.8 Å². The number of ketones is 1. The van der Waals surface area contributed by atoms with E-state index >= 15 is 0 Å². The van der Waals surface area contributed by atoms with Gasteiger partial charge >= 0.3 is 0 Å². The van der Waals surface area contributed by atoms with Crippen LogP contribution < -0.4 is 5.32 Å². The van der Waals surface area contributed by atoms with Crippen molar-refractivity contribution >= 4 is 17.4 Å². The minimum Gasteiger partial charge on any atom is -0.325 e. The highest BCUT2D eigenvalue weighted by Crippen LogP contribution is 2.31. The van der Waals surface area contributed by atoms with Gasteiger partial charge in [-0.3, -0.25) is 9.59 Å². The molecule has 0 fully saturated rings. The maximum absolute atomic E-state index is 12.5. The smallest absolute Gasteiger partial charge is 0.232 e. The van der Waals surface area contributed by atoms with Crippen molar-refractivity contribution in [2.24, 2.45) is 0 Å². The third kappa shape index (κ3) is 2.11. The summed E-state index contributed by atoms with van der Waals surface area (Å²) < 4.78 is 0. The zero-order valence-electron chi connectivity index (χ0n) is 11.2. The Balaban J connectivity index is 2.04. The maximum Gasteiger partial charge on any atom is 0.232 e. The normalized spacial score (nSPS) is 18.1. The van der Waals surface area contributed by atoms with E-state index in [2.05, 4.69) is 5.32 Å². The minimum atomic E-state index is -0.421. The third-order valence-electron chi connectivity index (χ3n) is 3.72. The summed E-state index contributed by atoms with van der Waals surface area (Å²) in [6.45, 7) is 1.89. The quantitative estimate of drug-likeness (QED) is 0.859. The average Bonchev–Trinajstić information content (AvgIpc) is 2.57. The molecule has 2 aromatic rings. The molecule has 3 heteroatoms. The molecule has 0 unspecified atom stereocenters. The van der Waals surface area contributed by atoms with Crippen LogP contribution in [0.4, 0.5) is 5.69 Å². The Kier molecular flexibility index (Phi) is 3.11. The van der Waals surface area contributed by atoms with Gasteiger partial charge in [-0.05, 0) is 24.1 Å². The van der Waals surface area contributed by atoms with Crippen molar-refractivity contribution in [1.29, 1.82) is 0 Å². The van der Waals surface area contributed by atoms with E-state index < -0.39 is 5.92 Å². The Hall–Kier alpha value is -2.42. The van der Waals surface area contributed by atoms with Gasteiger partial charge in [-0.25, -0.2) is 0 Å². The molecular formula is C17H15NO2. The van der Waals surface area contributed by atoms with Crippen molar-refractivity contribution in [3.8, 4) is 0 Å². The van der Waals surface area contributed by atoms with Crippen LogP contribution in [0.5, 0.6) is 0 Å². The molecule has 1 amide bonds. The molecular weight excluding hydrogens is 250 g/mol. The van der Waals surface area contributed by atoms with Gasteiger partial charge in [0.15, 0.2) is 5.78 Å². The van der Waals surface area contributed by atoms with Crippen molar-refractivity contribution in [3.63, 3.8) is 0 Å². The van der Waals surface area contributed by atoms with Crippen molar-refractivity contribution in [1.82, 2.24) is 0 Å². The molecule has 1 heterocycles. The van der Waals surface area contributed by atoms with Crippen LogP contribution in [0.3, 0.4) is 0 Å². The van der Waals surface area contributed by atoms with Gasteiger partial charge in [0, 0.05) is 12.0 Å². The third-order valence-corrected chi connectivity index (χ3v) is 3.72. The molecule has 2 aromatic carbocycles. The fraction of sp³-hybridized carbons (Fsp3) is 0.176. The average molecular weight is 265 g/mol. The number of anilines is 1. The van der Waals surface area contributed by atoms with Gasteiger partial charge in [-0.15, -0.1) is 0 Å². The first-order chi connectivity index (χ1) is 9.66. The predicted octanol–water partition coefficient (Wildman–Crippen LogP) is 3.30. The SMILES string of the molecule is Cc1cccc2c1C(=O)C[C@@H](c1ccccc1)C(=O)N2. The molecule has 1 N–H and O–H groups in total. The molecule has 1 aliphatic heterocycles. The number of carbonyl (C=O) groups excluding carboxylic acids is 2. The highest BCUT2D eigenvalue weighted by Gasteiger charge is 2.30. The van der Waals surface area contributed by atoms with E-state index in [1.54, 1.807) is 6.07 Å². The highest BCUT2D eigenvalue weighted by molar-refractivity contribution is 6.12. The predicted molar refractivity (Wildman–Crippen MR) is 77.9 cm³/mol. The lowest BCUT2D eigenvalue weighted by molar-refractivity contribution is -0.117. The second-order valence-corrected chi connectivity index (χ2v) is 5.08. The second kappa shape index (κ2) is 4.93. The Labute approximate surface area is 117 Å². The Morgan fingerprint density at radius 1 is 1.00 bits per heavy atom. The van der Waals surface area contributed by atoms with Crippen LogP contribution >= 0.6 is 0 Å². The van der Waals surface area contributed by atoms with Gasteiger partial charge < -0.3 is 5.32 Å². The van der Waals surface area contributed by atoms with Crippen molar-refractivity contribution in [2.75, 3.05) is 5.32 Å². The molecule has 3 rings (SSSR count). The largest absolute Gasteiger partial charge is 0.325 e. The number of benzene rings is 2. The van der Waals surface area contributed by atoms with E-state index in [-0.39, 0.29) is 18.1 Å². The molecule has 0 radical (unpaired) electrons. The molecule has 0 saturated heterocycles. The lowest BCUT2D eigenvalue weighted by atomic mass is 9.91. The Morgan fingerprint density at radius 3 is 2.50 bits per heavy atom. The van der Waals surface area contributed by atoms with Crippen LogP contribution in [-0.2, 0) is 4.79 Å². The number of carbonyl (C=O) groups is 2. The molecule has 0 saturated carbocycles. The van der Waals surface area contributed by atoms with E-state index in [4.69, 9.17) is 0 Å². The zero-order chi connectivity index (χ0) is 14.1. The van der Waals surface area contributed by atoms with Crippen molar-refractivity contribution in [2.45, 2.75) is 19.3 Å². The summed E-state index contributed by atoms with van der Waals surface area (Å²) in [5.41, 5.74) is 3.04. The lowest BCUT2D eigenvalue weighted by Gasteiger charge is -2.12. The van der Waals surface area contributed by atoms with Gasteiger partial charge in [-0.2, -0.15) is 0 Å². The molecule has 20 heavy (non-hydrogen) atoms. The first-order valence-corrected chi connectivity index (χ1v) is 6.65. The number of nitrogens with one attached hydrogen (secondary N) is 1. The van der Waals surface area contributed by atoms with Gasteiger partial charge in [0.2, 0.25) is 5.91 Å². The van der Waals surface area contributed by atoms with Gasteiger partial charge in [0.1, 0.15) is 0 Å².